The molecule has 0 radical (unpaired) electrons. The smallest absolute Gasteiger partial charge is 0.315 e. The quantitative estimate of drug-likeness (QED) is 0.421. The molecule has 1 aromatic heterocycles. The number of nitro benzene ring substituents is 1. The Morgan fingerprint density at radius 2 is 2.19 bits per heavy atom. The monoisotopic (exact) mass is 350 g/mol. The van der Waals surface area contributed by atoms with E-state index in [9.17, 15) is 20.5 Å². The number of fused-ring (bicyclic) bond motifs is 1. The number of aryl methyl sites for hydroxylation is 1. The van der Waals surface area contributed by atoms with Gasteiger partial charge >= 0.3 is 5.69 Å². The number of phenols is 1. The number of hydrogen-bond donors (Lipinski definition) is 2. The zero-order valence-corrected chi connectivity index (χ0v) is 14.0. The number of aromatic hydroxyl groups is 1. The number of phenolic OH excluding ortho intramolecular Hbond substituents is 1. The summed E-state index contributed by atoms with van der Waals surface area (Å²) in [7, 11) is 1.29. The Balaban J connectivity index is 2.12. The molecule has 3 rings (SSSR count). The first-order valence-electron chi connectivity index (χ1n) is 7.57. The molecule has 2 N–H and O–H groups in total. The van der Waals surface area contributed by atoms with Crippen LogP contribution in [0.15, 0.2) is 30.3 Å². The van der Waals surface area contributed by atoms with Crippen LogP contribution in [0, 0.1) is 28.4 Å². The SMILES string of the molecule is COc1cc(C=C(C#N)c2nc3ccc(C)cc3[nH]2)cc([N+](=O)[O-])c1O. The van der Waals surface area contributed by atoms with Crippen LogP contribution in [0.5, 0.6) is 11.5 Å². The summed E-state index contributed by atoms with van der Waals surface area (Å²) in [4.78, 5) is 17.8. The van der Waals surface area contributed by atoms with Gasteiger partial charge in [0.2, 0.25) is 5.75 Å². The van der Waals surface area contributed by atoms with Crippen LogP contribution >= 0.6 is 0 Å². The summed E-state index contributed by atoms with van der Waals surface area (Å²) in [6, 6.07) is 10.3. The van der Waals surface area contributed by atoms with Crippen molar-refractivity contribution < 1.29 is 14.8 Å². The molecule has 0 amide bonds. The lowest BCUT2D eigenvalue weighted by Gasteiger charge is -2.05. The van der Waals surface area contributed by atoms with Gasteiger partial charge in [-0.25, -0.2) is 4.98 Å². The third kappa shape index (κ3) is 3.06. The van der Waals surface area contributed by atoms with Crippen LogP contribution in [0.1, 0.15) is 17.0 Å². The van der Waals surface area contributed by atoms with Crippen LogP contribution < -0.4 is 4.74 Å². The van der Waals surface area contributed by atoms with Crippen LogP contribution in [-0.4, -0.2) is 27.1 Å². The first-order chi connectivity index (χ1) is 12.4. The van der Waals surface area contributed by atoms with Crippen molar-refractivity contribution >= 4 is 28.4 Å². The number of nitro groups is 1. The van der Waals surface area contributed by atoms with Crippen molar-refractivity contribution in [1.82, 2.24) is 9.97 Å². The average Bonchev–Trinajstić information content (AvgIpc) is 3.03. The highest BCUT2D eigenvalue weighted by molar-refractivity contribution is 5.91. The van der Waals surface area contributed by atoms with E-state index in [4.69, 9.17) is 4.74 Å². The number of benzene rings is 2. The molecule has 8 heteroatoms. The molecule has 0 saturated carbocycles. The first-order valence-corrected chi connectivity index (χ1v) is 7.57. The standard InChI is InChI=1S/C18H14N4O4/c1-10-3-4-13-14(5-10)21-18(20-13)12(9-19)6-11-7-15(22(24)25)17(23)16(8-11)26-2/h3-8,23H,1-2H3,(H,20,21). The maximum absolute atomic E-state index is 11.1. The maximum Gasteiger partial charge on any atom is 0.315 e. The maximum atomic E-state index is 11.1. The van der Waals surface area contributed by atoms with Crippen molar-refractivity contribution in [2.24, 2.45) is 0 Å². The van der Waals surface area contributed by atoms with Gasteiger partial charge in [-0.15, -0.1) is 0 Å². The Kier molecular flexibility index (Phi) is 4.29. The van der Waals surface area contributed by atoms with E-state index in [-0.39, 0.29) is 11.3 Å². The summed E-state index contributed by atoms with van der Waals surface area (Å²) in [5, 5.41) is 30.4. The number of nitriles is 1. The summed E-state index contributed by atoms with van der Waals surface area (Å²) >= 11 is 0. The second-order valence-corrected chi connectivity index (χ2v) is 5.62. The molecule has 3 aromatic rings. The molecule has 0 unspecified atom stereocenters. The molecule has 26 heavy (non-hydrogen) atoms. The number of allylic oxidation sites excluding steroid dienone is 1. The second kappa shape index (κ2) is 6.57. The molecule has 0 aliphatic rings. The van der Waals surface area contributed by atoms with Crippen molar-refractivity contribution in [1.29, 1.82) is 5.26 Å². The van der Waals surface area contributed by atoms with Crippen molar-refractivity contribution in [3.8, 4) is 17.6 Å². The second-order valence-electron chi connectivity index (χ2n) is 5.62. The number of ether oxygens (including phenoxy) is 1. The molecule has 0 atom stereocenters. The fourth-order valence-electron chi connectivity index (χ4n) is 2.56. The highest BCUT2D eigenvalue weighted by Crippen LogP contribution is 2.37. The van der Waals surface area contributed by atoms with E-state index in [1.165, 1.54) is 25.3 Å². The number of aromatic nitrogens is 2. The summed E-state index contributed by atoms with van der Waals surface area (Å²) in [5.74, 6) is -0.266. The number of methoxy groups -OCH3 is 1. The summed E-state index contributed by atoms with van der Waals surface area (Å²) < 4.78 is 4.97. The van der Waals surface area contributed by atoms with Crippen molar-refractivity contribution in [2.75, 3.05) is 7.11 Å². The number of H-pyrrole nitrogens is 1. The van der Waals surface area contributed by atoms with Gasteiger partial charge < -0.3 is 14.8 Å². The zero-order valence-electron chi connectivity index (χ0n) is 14.0. The minimum absolute atomic E-state index is 0.0528. The van der Waals surface area contributed by atoms with Gasteiger partial charge in [0.05, 0.1) is 28.6 Å². The van der Waals surface area contributed by atoms with Gasteiger partial charge in [0.15, 0.2) is 5.75 Å². The Labute approximate surface area is 148 Å². The van der Waals surface area contributed by atoms with Gasteiger partial charge in [-0.05, 0) is 42.3 Å². The lowest BCUT2D eigenvalue weighted by Crippen LogP contribution is -1.93. The third-order valence-corrected chi connectivity index (χ3v) is 3.82. The third-order valence-electron chi connectivity index (χ3n) is 3.82. The average molecular weight is 350 g/mol. The Morgan fingerprint density at radius 1 is 1.42 bits per heavy atom. The normalized spacial score (nSPS) is 11.3. The lowest BCUT2D eigenvalue weighted by molar-refractivity contribution is -0.386. The molecule has 0 bridgehead atoms. The summed E-state index contributed by atoms with van der Waals surface area (Å²) in [6.45, 7) is 1.95. The van der Waals surface area contributed by atoms with Crippen molar-refractivity contribution in [3.05, 3.63) is 57.4 Å². The Morgan fingerprint density at radius 3 is 2.85 bits per heavy atom. The summed E-state index contributed by atoms with van der Waals surface area (Å²) in [5.41, 5.74) is 2.57. The highest BCUT2D eigenvalue weighted by Gasteiger charge is 2.20. The van der Waals surface area contributed by atoms with Crippen LogP contribution in [0.25, 0.3) is 22.7 Å². The predicted molar refractivity (Wildman–Crippen MR) is 95.6 cm³/mol. The predicted octanol–water partition coefficient (Wildman–Crippen LogP) is 3.56. The topological polar surface area (TPSA) is 125 Å². The van der Waals surface area contributed by atoms with Gasteiger partial charge in [0.25, 0.3) is 0 Å². The van der Waals surface area contributed by atoms with E-state index in [0.29, 0.717) is 16.9 Å². The summed E-state index contributed by atoms with van der Waals surface area (Å²) in [6.07, 6.45) is 1.44. The molecule has 130 valence electrons. The molecule has 1 heterocycles. The van der Waals surface area contributed by atoms with Crippen LogP contribution in [-0.2, 0) is 0 Å². The van der Waals surface area contributed by atoms with Crippen molar-refractivity contribution in [3.63, 3.8) is 0 Å². The van der Waals surface area contributed by atoms with Crippen molar-refractivity contribution in [2.45, 2.75) is 6.92 Å². The molecular weight excluding hydrogens is 336 g/mol. The van der Waals surface area contributed by atoms with Gasteiger partial charge in [0.1, 0.15) is 11.9 Å². The minimum atomic E-state index is -0.717. The molecule has 0 fully saturated rings. The van der Waals surface area contributed by atoms with E-state index < -0.39 is 16.4 Å². The molecule has 0 spiro atoms. The van der Waals surface area contributed by atoms with E-state index in [0.717, 1.165) is 11.1 Å². The minimum Gasteiger partial charge on any atom is -0.500 e. The molecule has 0 aliphatic carbocycles. The number of nitrogens with one attached hydrogen (secondary N) is 1. The molecule has 0 saturated heterocycles. The molecule has 8 nitrogen and oxygen atoms in total. The molecule has 0 aliphatic heterocycles. The van der Waals surface area contributed by atoms with E-state index in [1.54, 1.807) is 0 Å². The van der Waals surface area contributed by atoms with Gasteiger partial charge in [0, 0.05) is 6.07 Å². The molecular formula is C18H14N4O4. The van der Waals surface area contributed by atoms with E-state index in [1.807, 2.05) is 31.2 Å². The van der Waals surface area contributed by atoms with Gasteiger partial charge in [-0.2, -0.15) is 5.26 Å². The Bertz CT molecular complexity index is 1090. The van der Waals surface area contributed by atoms with Gasteiger partial charge in [-0.3, -0.25) is 10.1 Å². The first kappa shape index (κ1) is 17.0. The number of nitrogens with zero attached hydrogens (tertiary/aromatic N) is 3. The number of rotatable bonds is 4. The largest absolute Gasteiger partial charge is 0.500 e. The number of hydrogen-bond acceptors (Lipinski definition) is 6. The van der Waals surface area contributed by atoms with Crippen LogP contribution in [0.4, 0.5) is 5.69 Å². The van der Waals surface area contributed by atoms with Gasteiger partial charge in [-0.1, -0.05) is 6.07 Å². The van der Waals surface area contributed by atoms with Crippen LogP contribution in [0.2, 0.25) is 0 Å². The molecule has 2 aromatic carbocycles. The number of aromatic amines is 1. The zero-order chi connectivity index (χ0) is 18.8. The fourth-order valence-corrected chi connectivity index (χ4v) is 2.56. The lowest BCUT2D eigenvalue weighted by atomic mass is 10.1. The highest BCUT2D eigenvalue weighted by atomic mass is 16.6. The fraction of sp³-hybridized carbons (Fsp3) is 0.111. The number of imidazole rings is 1. The Hall–Kier alpha value is -3.86. The van der Waals surface area contributed by atoms with Crippen LogP contribution in [0.3, 0.4) is 0 Å². The van der Waals surface area contributed by atoms with E-state index >= 15 is 0 Å². The van der Waals surface area contributed by atoms with E-state index in [2.05, 4.69) is 9.97 Å².